The second-order valence-electron chi connectivity index (χ2n) is 7.39. The highest BCUT2D eigenvalue weighted by molar-refractivity contribution is 5.75. The summed E-state index contributed by atoms with van der Waals surface area (Å²) >= 11 is 0. The minimum Gasteiger partial charge on any atom is -0.497 e. The van der Waals surface area contributed by atoms with Crippen LogP contribution in [0.1, 0.15) is 29.5 Å². The fourth-order valence-corrected chi connectivity index (χ4v) is 3.72. The highest BCUT2D eigenvalue weighted by Gasteiger charge is 2.22. The van der Waals surface area contributed by atoms with Crippen molar-refractivity contribution in [1.82, 2.24) is 10.2 Å². The van der Waals surface area contributed by atoms with Crippen molar-refractivity contribution in [3.63, 3.8) is 0 Å². The predicted octanol–water partition coefficient (Wildman–Crippen LogP) is 3.28. The molecule has 1 atom stereocenters. The summed E-state index contributed by atoms with van der Waals surface area (Å²) in [5, 5.41) is 12.1. The van der Waals surface area contributed by atoms with Gasteiger partial charge in [-0.05, 0) is 54.5 Å². The number of nitrogens with zero attached hydrogens (tertiary/aromatic N) is 1. The summed E-state index contributed by atoms with van der Waals surface area (Å²) in [6.07, 6.45) is 2.62. The smallest absolute Gasteiger partial charge is 0.317 e. The molecule has 0 saturated heterocycles. The van der Waals surface area contributed by atoms with Crippen molar-refractivity contribution in [3.8, 4) is 5.75 Å². The molecule has 6 nitrogen and oxygen atoms in total. The molecule has 0 saturated carbocycles. The van der Waals surface area contributed by atoms with Crippen LogP contribution in [-0.2, 0) is 24.1 Å². The maximum atomic E-state index is 12.9. The van der Waals surface area contributed by atoms with E-state index in [9.17, 15) is 9.59 Å². The molecule has 0 spiro atoms. The lowest BCUT2D eigenvalue weighted by Crippen LogP contribution is -2.46. The Balaban J connectivity index is 1.63. The zero-order chi connectivity index (χ0) is 20.6. The van der Waals surface area contributed by atoms with E-state index in [2.05, 4.69) is 11.4 Å². The number of urea groups is 1. The van der Waals surface area contributed by atoms with Crippen molar-refractivity contribution in [1.29, 1.82) is 0 Å². The van der Waals surface area contributed by atoms with Gasteiger partial charge in [-0.3, -0.25) is 4.79 Å². The number of amides is 2. The highest BCUT2D eigenvalue weighted by atomic mass is 16.5. The van der Waals surface area contributed by atoms with Crippen LogP contribution in [0.2, 0.25) is 0 Å². The summed E-state index contributed by atoms with van der Waals surface area (Å²) in [7, 11) is 1.65. The molecule has 2 aromatic rings. The van der Waals surface area contributed by atoms with Gasteiger partial charge < -0.3 is 20.1 Å². The molecule has 3 rings (SSSR count). The van der Waals surface area contributed by atoms with Crippen molar-refractivity contribution in [2.45, 2.75) is 38.1 Å². The molecule has 1 aliphatic rings. The number of nitrogens with one attached hydrogen (secondary N) is 1. The lowest BCUT2D eigenvalue weighted by atomic mass is 10.0. The molecule has 0 radical (unpaired) electrons. The summed E-state index contributed by atoms with van der Waals surface area (Å²) in [6.45, 7) is 1.27. The largest absolute Gasteiger partial charge is 0.497 e. The molecule has 29 heavy (non-hydrogen) atoms. The van der Waals surface area contributed by atoms with Crippen molar-refractivity contribution in [2.75, 3.05) is 20.2 Å². The third-order valence-electron chi connectivity index (χ3n) is 5.36. The second-order valence-corrected chi connectivity index (χ2v) is 7.39. The van der Waals surface area contributed by atoms with Gasteiger partial charge in [0, 0.05) is 25.6 Å². The van der Waals surface area contributed by atoms with Gasteiger partial charge in [-0.25, -0.2) is 4.79 Å². The number of benzene rings is 2. The lowest BCUT2D eigenvalue weighted by Gasteiger charge is -2.25. The molecule has 2 N–H and O–H groups in total. The first kappa shape index (κ1) is 20.7. The second kappa shape index (κ2) is 9.96. The van der Waals surface area contributed by atoms with Crippen LogP contribution in [0.15, 0.2) is 48.5 Å². The number of carbonyl (C=O) groups is 2. The molecule has 2 aromatic carbocycles. The number of aliphatic carboxylic acids is 1. The molecule has 1 heterocycles. The minimum atomic E-state index is -0.850. The van der Waals surface area contributed by atoms with Gasteiger partial charge in [-0.15, -0.1) is 0 Å². The normalized spacial score (nSPS) is 14.4. The van der Waals surface area contributed by atoms with E-state index < -0.39 is 5.97 Å². The van der Waals surface area contributed by atoms with E-state index in [1.807, 2.05) is 47.4 Å². The lowest BCUT2D eigenvalue weighted by molar-refractivity contribution is -0.137. The summed E-state index contributed by atoms with van der Waals surface area (Å²) < 4.78 is 5.31. The first-order valence-corrected chi connectivity index (χ1v) is 10.0. The van der Waals surface area contributed by atoms with E-state index in [-0.39, 0.29) is 18.5 Å². The van der Waals surface area contributed by atoms with Gasteiger partial charge >= 0.3 is 12.0 Å². The van der Waals surface area contributed by atoms with Crippen molar-refractivity contribution >= 4 is 12.0 Å². The summed E-state index contributed by atoms with van der Waals surface area (Å²) in [4.78, 5) is 25.8. The van der Waals surface area contributed by atoms with Crippen LogP contribution in [0.5, 0.6) is 5.75 Å². The van der Waals surface area contributed by atoms with E-state index in [1.54, 1.807) is 7.11 Å². The Morgan fingerprint density at radius 1 is 1.10 bits per heavy atom. The number of fused-ring (bicyclic) bond motifs is 1. The number of carboxylic acids is 1. The Morgan fingerprint density at radius 3 is 2.52 bits per heavy atom. The van der Waals surface area contributed by atoms with Gasteiger partial charge in [0.25, 0.3) is 0 Å². The van der Waals surface area contributed by atoms with E-state index >= 15 is 0 Å². The molecule has 0 aliphatic carbocycles. The van der Waals surface area contributed by atoms with E-state index in [0.717, 1.165) is 24.2 Å². The van der Waals surface area contributed by atoms with Gasteiger partial charge in [-0.2, -0.15) is 0 Å². The first-order valence-electron chi connectivity index (χ1n) is 10.0. The van der Waals surface area contributed by atoms with Crippen molar-refractivity contribution in [2.24, 2.45) is 0 Å². The van der Waals surface area contributed by atoms with E-state index in [1.165, 1.54) is 11.1 Å². The number of carbonyl (C=O) groups excluding carboxylic acids is 1. The number of methoxy groups -OCH3 is 1. The van der Waals surface area contributed by atoms with Crippen LogP contribution >= 0.6 is 0 Å². The fraction of sp³-hybridized carbons (Fsp3) is 0.391. The first-order chi connectivity index (χ1) is 14.0. The Morgan fingerprint density at radius 2 is 1.83 bits per heavy atom. The van der Waals surface area contributed by atoms with Crippen LogP contribution in [0.4, 0.5) is 4.79 Å². The highest BCUT2D eigenvalue weighted by Crippen LogP contribution is 2.22. The van der Waals surface area contributed by atoms with Crippen LogP contribution in [-0.4, -0.2) is 48.2 Å². The van der Waals surface area contributed by atoms with Crippen LogP contribution < -0.4 is 10.1 Å². The molecule has 1 unspecified atom stereocenters. The summed E-state index contributed by atoms with van der Waals surface area (Å²) in [6, 6.07) is 15.6. The average molecular weight is 396 g/mol. The number of carboxylic acid groups (broad SMARTS) is 1. The SMILES string of the molecule is COc1ccc2c(c1)CCN(C(=O)NC(CCC(=O)O)Cc1ccccc1)CC2. The maximum Gasteiger partial charge on any atom is 0.317 e. The molecule has 1 aliphatic heterocycles. The standard InChI is InChI=1S/C23H28N2O4/c1-29-21-9-7-18-11-13-25(14-12-19(18)16-21)23(28)24-20(8-10-22(26)27)15-17-5-3-2-4-6-17/h2-7,9,16,20H,8,10-15H2,1H3,(H,24,28)(H,26,27). The Labute approximate surface area is 171 Å². The Hall–Kier alpha value is -3.02. The Bertz CT molecular complexity index is 838. The topological polar surface area (TPSA) is 78.9 Å². The predicted molar refractivity (Wildman–Crippen MR) is 111 cm³/mol. The van der Waals surface area contributed by atoms with Crippen molar-refractivity contribution in [3.05, 3.63) is 65.2 Å². The molecule has 0 aromatic heterocycles. The molecule has 2 amide bonds. The number of hydrogen-bond donors (Lipinski definition) is 2. The van der Waals surface area contributed by atoms with Gasteiger partial charge in [0.2, 0.25) is 0 Å². The molecule has 0 fully saturated rings. The number of ether oxygens (including phenoxy) is 1. The van der Waals surface area contributed by atoms with Crippen LogP contribution in [0, 0.1) is 0 Å². The summed E-state index contributed by atoms with van der Waals surface area (Å²) in [5.74, 6) is -0.0188. The van der Waals surface area contributed by atoms with Gasteiger partial charge in [0.05, 0.1) is 7.11 Å². The van der Waals surface area contributed by atoms with Gasteiger partial charge in [-0.1, -0.05) is 36.4 Å². The number of rotatable bonds is 7. The van der Waals surface area contributed by atoms with E-state index in [4.69, 9.17) is 9.84 Å². The minimum absolute atomic E-state index is 0.0308. The quantitative estimate of drug-likeness (QED) is 0.753. The zero-order valence-electron chi connectivity index (χ0n) is 16.8. The molecular formula is C23H28N2O4. The van der Waals surface area contributed by atoms with Gasteiger partial charge in [0.1, 0.15) is 5.75 Å². The molecule has 6 heteroatoms. The fourth-order valence-electron chi connectivity index (χ4n) is 3.72. The zero-order valence-corrected chi connectivity index (χ0v) is 16.8. The van der Waals surface area contributed by atoms with Crippen LogP contribution in [0.3, 0.4) is 0 Å². The Kier molecular flexibility index (Phi) is 7.11. The third-order valence-corrected chi connectivity index (χ3v) is 5.36. The average Bonchev–Trinajstić information content (AvgIpc) is 2.94. The molecule has 154 valence electrons. The third kappa shape index (κ3) is 5.98. The monoisotopic (exact) mass is 396 g/mol. The maximum absolute atomic E-state index is 12.9. The van der Waals surface area contributed by atoms with E-state index in [0.29, 0.717) is 25.9 Å². The molecular weight excluding hydrogens is 368 g/mol. The number of hydrogen-bond acceptors (Lipinski definition) is 3. The van der Waals surface area contributed by atoms with Gasteiger partial charge in [0.15, 0.2) is 0 Å². The summed E-state index contributed by atoms with van der Waals surface area (Å²) in [5.41, 5.74) is 3.54. The molecule has 0 bridgehead atoms. The van der Waals surface area contributed by atoms with Crippen molar-refractivity contribution < 1.29 is 19.4 Å². The van der Waals surface area contributed by atoms with Crippen LogP contribution in [0.25, 0.3) is 0 Å².